The molecule has 1 aromatic heterocycles. The third-order valence-corrected chi connectivity index (χ3v) is 2.96. The number of nitrogens with zero attached hydrogens (tertiary/aromatic N) is 3. The Morgan fingerprint density at radius 3 is 2.57 bits per heavy atom. The largest absolute Gasteiger partial charge is 0.480 e. The Labute approximate surface area is 123 Å². The van der Waals surface area contributed by atoms with E-state index in [1.807, 2.05) is 31.1 Å². The topological polar surface area (TPSA) is 64.5 Å². The second kappa shape index (κ2) is 6.21. The first-order valence-electron chi connectivity index (χ1n) is 6.34. The van der Waals surface area contributed by atoms with Crippen LogP contribution in [0.5, 0.6) is 11.8 Å². The SMILES string of the molecule is COc1cnc(C(=O)c2cccc(N(C)C)c2)c(OC)n1. The number of rotatable bonds is 5. The van der Waals surface area contributed by atoms with Gasteiger partial charge in [-0.3, -0.25) is 4.79 Å². The van der Waals surface area contributed by atoms with E-state index in [-0.39, 0.29) is 17.4 Å². The predicted octanol–water partition coefficient (Wildman–Crippen LogP) is 1.79. The van der Waals surface area contributed by atoms with Gasteiger partial charge in [0.1, 0.15) is 0 Å². The van der Waals surface area contributed by atoms with Crippen molar-refractivity contribution < 1.29 is 14.3 Å². The van der Waals surface area contributed by atoms with Crippen LogP contribution in [0.1, 0.15) is 16.1 Å². The summed E-state index contributed by atoms with van der Waals surface area (Å²) in [6, 6.07) is 7.29. The quantitative estimate of drug-likeness (QED) is 0.781. The number of aromatic nitrogens is 2. The number of ether oxygens (including phenoxy) is 2. The molecule has 6 nitrogen and oxygen atoms in total. The van der Waals surface area contributed by atoms with E-state index < -0.39 is 0 Å². The van der Waals surface area contributed by atoms with Crippen molar-refractivity contribution in [2.45, 2.75) is 0 Å². The normalized spacial score (nSPS) is 10.1. The fourth-order valence-corrected chi connectivity index (χ4v) is 1.82. The van der Waals surface area contributed by atoms with Crippen molar-refractivity contribution in [3.63, 3.8) is 0 Å². The van der Waals surface area contributed by atoms with Crippen molar-refractivity contribution in [3.8, 4) is 11.8 Å². The summed E-state index contributed by atoms with van der Waals surface area (Å²) in [5.41, 5.74) is 1.62. The molecule has 2 rings (SSSR count). The van der Waals surface area contributed by atoms with Crippen LogP contribution in [0.15, 0.2) is 30.5 Å². The summed E-state index contributed by atoms with van der Waals surface area (Å²) < 4.78 is 10.1. The summed E-state index contributed by atoms with van der Waals surface area (Å²) in [4.78, 5) is 22.7. The minimum atomic E-state index is -0.245. The number of benzene rings is 1. The van der Waals surface area contributed by atoms with Crippen LogP contribution in [0.2, 0.25) is 0 Å². The second-order valence-corrected chi connectivity index (χ2v) is 4.54. The zero-order valence-corrected chi connectivity index (χ0v) is 12.5. The molecule has 0 unspecified atom stereocenters. The average Bonchev–Trinajstić information content (AvgIpc) is 2.53. The Hall–Kier alpha value is -2.63. The maximum Gasteiger partial charge on any atom is 0.247 e. The van der Waals surface area contributed by atoms with Crippen LogP contribution < -0.4 is 14.4 Å². The molecule has 0 bridgehead atoms. The van der Waals surface area contributed by atoms with Crippen molar-refractivity contribution in [2.75, 3.05) is 33.2 Å². The highest BCUT2D eigenvalue weighted by molar-refractivity contribution is 6.09. The van der Waals surface area contributed by atoms with Crippen LogP contribution in [-0.2, 0) is 0 Å². The van der Waals surface area contributed by atoms with Crippen LogP contribution in [-0.4, -0.2) is 44.1 Å². The van der Waals surface area contributed by atoms with Gasteiger partial charge in [-0.2, -0.15) is 4.98 Å². The van der Waals surface area contributed by atoms with Crippen molar-refractivity contribution >= 4 is 11.5 Å². The van der Waals surface area contributed by atoms with E-state index in [9.17, 15) is 4.79 Å². The van der Waals surface area contributed by atoms with Crippen molar-refractivity contribution in [1.29, 1.82) is 0 Å². The highest BCUT2D eigenvalue weighted by Crippen LogP contribution is 2.22. The summed E-state index contributed by atoms with van der Waals surface area (Å²) in [7, 11) is 6.75. The number of hydrogen-bond acceptors (Lipinski definition) is 6. The number of carbonyl (C=O) groups is 1. The summed E-state index contributed by atoms with van der Waals surface area (Å²) in [6.07, 6.45) is 1.39. The maximum absolute atomic E-state index is 12.6. The molecule has 0 aliphatic rings. The van der Waals surface area contributed by atoms with Gasteiger partial charge in [-0.05, 0) is 12.1 Å². The van der Waals surface area contributed by atoms with Crippen LogP contribution in [0.4, 0.5) is 5.69 Å². The van der Waals surface area contributed by atoms with Crippen molar-refractivity contribution in [2.24, 2.45) is 0 Å². The highest BCUT2D eigenvalue weighted by atomic mass is 16.5. The van der Waals surface area contributed by atoms with E-state index in [0.29, 0.717) is 11.4 Å². The van der Waals surface area contributed by atoms with Gasteiger partial charge in [-0.25, -0.2) is 4.98 Å². The lowest BCUT2D eigenvalue weighted by molar-refractivity contribution is 0.103. The molecule has 0 amide bonds. The second-order valence-electron chi connectivity index (χ2n) is 4.54. The van der Waals surface area contributed by atoms with Gasteiger partial charge < -0.3 is 14.4 Å². The lowest BCUT2D eigenvalue weighted by atomic mass is 10.1. The molecule has 1 heterocycles. The average molecular weight is 287 g/mol. The molecule has 110 valence electrons. The van der Waals surface area contributed by atoms with E-state index >= 15 is 0 Å². The molecule has 6 heteroatoms. The van der Waals surface area contributed by atoms with E-state index in [2.05, 4.69) is 9.97 Å². The van der Waals surface area contributed by atoms with Gasteiger partial charge in [0.2, 0.25) is 17.5 Å². The fourth-order valence-electron chi connectivity index (χ4n) is 1.82. The molecule has 0 aliphatic carbocycles. The van der Waals surface area contributed by atoms with Gasteiger partial charge in [0.25, 0.3) is 0 Å². The summed E-state index contributed by atoms with van der Waals surface area (Å²) in [6.45, 7) is 0. The highest BCUT2D eigenvalue weighted by Gasteiger charge is 2.19. The smallest absolute Gasteiger partial charge is 0.247 e. The van der Waals surface area contributed by atoms with Crippen LogP contribution in [0, 0.1) is 0 Å². The number of hydrogen-bond donors (Lipinski definition) is 0. The zero-order valence-electron chi connectivity index (χ0n) is 12.5. The molecule has 0 N–H and O–H groups in total. The summed E-state index contributed by atoms with van der Waals surface area (Å²) in [5, 5.41) is 0. The molecule has 2 aromatic rings. The maximum atomic E-state index is 12.6. The summed E-state index contributed by atoms with van der Waals surface area (Å²) in [5.74, 6) is 0.200. The first kappa shape index (κ1) is 14.8. The minimum Gasteiger partial charge on any atom is -0.480 e. The Bertz CT molecular complexity index is 656. The molecule has 0 aliphatic heterocycles. The van der Waals surface area contributed by atoms with Crippen molar-refractivity contribution in [1.82, 2.24) is 9.97 Å². The van der Waals surface area contributed by atoms with Crippen LogP contribution in [0.3, 0.4) is 0 Å². The van der Waals surface area contributed by atoms with Gasteiger partial charge in [0.05, 0.1) is 20.4 Å². The molecule has 0 saturated heterocycles. The Kier molecular flexibility index (Phi) is 4.37. The van der Waals surface area contributed by atoms with Gasteiger partial charge in [0.15, 0.2) is 5.69 Å². The van der Waals surface area contributed by atoms with E-state index in [1.54, 1.807) is 12.1 Å². The van der Waals surface area contributed by atoms with Gasteiger partial charge in [0, 0.05) is 25.3 Å². The molecule has 21 heavy (non-hydrogen) atoms. The van der Waals surface area contributed by atoms with Gasteiger partial charge in [-0.15, -0.1) is 0 Å². The predicted molar refractivity (Wildman–Crippen MR) is 79.3 cm³/mol. The molecule has 0 saturated carbocycles. The third kappa shape index (κ3) is 3.10. The van der Waals surface area contributed by atoms with Gasteiger partial charge in [-0.1, -0.05) is 12.1 Å². The standard InChI is InChI=1S/C15H17N3O3/c1-18(2)11-7-5-6-10(8-11)14(19)13-15(21-4)17-12(20-3)9-16-13/h5-9H,1-4H3. The number of ketones is 1. The van der Waals surface area contributed by atoms with Gasteiger partial charge >= 0.3 is 0 Å². The number of carbonyl (C=O) groups excluding carboxylic acids is 1. The summed E-state index contributed by atoms with van der Waals surface area (Å²) >= 11 is 0. The molecule has 0 radical (unpaired) electrons. The van der Waals surface area contributed by atoms with Crippen molar-refractivity contribution in [3.05, 3.63) is 41.7 Å². The third-order valence-electron chi connectivity index (χ3n) is 2.96. The first-order chi connectivity index (χ1) is 10.1. The van der Waals surface area contributed by atoms with Crippen LogP contribution >= 0.6 is 0 Å². The Morgan fingerprint density at radius 1 is 1.19 bits per heavy atom. The molecule has 0 spiro atoms. The zero-order chi connectivity index (χ0) is 15.4. The monoisotopic (exact) mass is 287 g/mol. The lowest BCUT2D eigenvalue weighted by Gasteiger charge is -2.13. The van der Waals surface area contributed by atoms with Crippen LogP contribution in [0.25, 0.3) is 0 Å². The molecular formula is C15H17N3O3. The first-order valence-corrected chi connectivity index (χ1v) is 6.34. The molecule has 0 atom stereocenters. The van der Waals surface area contributed by atoms with E-state index in [0.717, 1.165) is 5.69 Å². The molecule has 0 fully saturated rings. The Morgan fingerprint density at radius 2 is 1.95 bits per heavy atom. The number of methoxy groups -OCH3 is 2. The number of anilines is 1. The van der Waals surface area contributed by atoms with E-state index in [1.165, 1.54) is 20.4 Å². The molecule has 1 aromatic carbocycles. The lowest BCUT2D eigenvalue weighted by Crippen LogP contribution is -2.12. The fraction of sp³-hybridized carbons (Fsp3) is 0.267. The Balaban J connectivity index is 2.42. The minimum absolute atomic E-state index is 0.148. The molecular weight excluding hydrogens is 270 g/mol. The van der Waals surface area contributed by atoms with E-state index in [4.69, 9.17) is 9.47 Å².